The number of phenolic OH excluding ortho intramolecular Hbond substituents is 1. The van der Waals surface area contributed by atoms with E-state index >= 15 is 0 Å². The highest BCUT2D eigenvalue weighted by Crippen LogP contribution is 2.19. The summed E-state index contributed by atoms with van der Waals surface area (Å²) in [6.45, 7) is 2.71. The SMILES string of the molecule is CC1C(=O)NCCN1CC(=O)c1cc(F)ccc1O. The molecule has 0 spiro atoms. The van der Waals surface area contributed by atoms with E-state index < -0.39 is 17.6 Å². The van der Waals surface area contributed by atoms with Gasteiger partial charge in [0, 0.05) is 13.1 Å². The summed E-state index contributed by atoms with van der Waals surface area (Å²) < 4.78 is 13.1. The van der Waals surface area contributed by atoms with Crippen LogP contribution in [0.1, 0.15) is 17.3 Å². The Hall–Kier alpha value is -1.95. The Bertz CT molecular complexity index is 519. The number of benzene rings is 1. The van der Waals surface area contributed by atoms with E-state index in [-0.39, 0.29) is 23.8 Å². The van der Waals surface area contributed by atoms with Crippen LogP contribution in [-0.4, -0.2) is 47.4 Å². The van der Waals surface area contributed by atoms with Crippen molar-refractivity contribution in [3.05, 3.63) is 29.6 Å². The zero-order valence-corrected chi connectivity index (χ0v) is 10.5. The Morgan fingerprint density at radius 2 is 2.32 bits per heavy atom. The molecule has 1 atom stereocenters. The van der Waals surface area contributed by atoms with Gasteiger partial charge in [0.25, 0.3) is 0 Å². The molecule has 5 nitrogen and oxygen atoms in total. The quantitative estimate of drug-likeness (QED) is 0.783. The van der Waals surface area contributed by atoms with E-state index in [4.69, 9.17) is 0 Å². The molecule has 2 N–H and O–H groups in total. The molecular weight excluding hydrogens is 251 g/mol. The lowest BCUT2D eigenvalue weighted by Crippen LogP contribution is -2.55. The first-order chi connectivity index (χ1) is 8.99. The van der Waals surface area contributed by atoms with E-state index in [1.165, 1.54) is 0 Å². The third kappa shape index (κ3) is 2.90. The fraction of sp³-hybridized carbons (Fsp3) is 0.385. The lowest BCUT2D eigenvalue weighted by Gasteiger charge is -2.32. The van der Waals surface area contributed by atoms with Crippen molar-refractivity contribution in [2.75, 3.05) is 19.6 Å². The number of ketones is 1. The molecule has 0 bridgehead atoms. The average molecular weight is 266 g/mol. The minimum absolute atomic E-state index is 0.0222. The van der Waals surface area contributed by atoms with Gasteiger partial charge in [0.2, 0.25) is 5.91 Å². The predicted octanol–water partition coefficient (Wildman–Crippen LogP) is 0.534. The molecule has 1 saturated heterocycles. The zero-order valence-electron chi connectivity index (χ0n) is 10.5. The number of amides is 1. The average Bonchev–Trinajstić information content (AvgIpc) is 2.38. The maximum absolute atomic E-state index is 13.1. The van der Waals surface area contributed by atoms with Crippen LogP contribution < -0.4 is 5.32 Å². The van der Waals surface area contributed by atoms with Crippen LogP contribution in [0.3, 0.4) is 0 Å². The number of halogens is 1. The van der Waals surface area contributed by atoms with Crippen molar-refractivity contribution in [2.24, 2.45) is 0 Å². The van der Waals surface area contributed by atoms with Gasteiger partial charge in [0.15, 0.2) is 5.78 Å². The summed E-state index contributed by atoms with van der Waals surface area (Å²) in [6.07, 6.45) is 0. The number of carbonyl (C=O) groups excluding carboxylic acids is 2. The fourth-order valence-electron chi connectivity index (χ4n) is 2.05. The molecule has 1 aromatic carbocycles. The number of hydrogen-bond acceptors (Lipinski definition) is 4. The second-order valence-corrected chi connectivity index (χ2v) is 4.52. The molecule has 0 saturated carbocycles. The second kappa shape index (κ2) is 5.36. The molecule has 1 aliphatic rings. The largest absolute Gasteiger partial charge is 0.507 e. The first-order valence-electron chi connectivity index (χ1n) is 6.02. The molecule has 19 heavy (non-hydrogen) atoms. The van der Waals surface area contributed by atoms with Crippen LogP contribution in [0, 0.1) is 5.82 Å². The summed E-state index contributed by atoms with van der Waals surface area (Å²) in [4.78, 5) is 25.2. The Morgan fingerprint density at radius 3 is 3.05 bits per heavy atom. The number of aromatic hydroxyl groups is 1. The van der Waals surface area contributed by atoms with E-state index in [0.717, 1.165) is 18.2 Å². The number of hydrogen-bond donors (Lipinski definition) is 2. The van der Waals surface area contributed by atoms with Gasteiger partial charge in [-0.05, 0) is 25.1 Å². The number of carbonyl (C=O) groups is 2. The van der Waals surface area contributed by atoms with Gasteiger partial charge in [-0.15, -0.1) is 0 Å². The van der Waals surface area contributed by atoms with Crippen LogP contribution in [0.15, 0.2) is 18.2 Å². The summed E-state index contributed by atoms with van der Waals surface area (Å²) in [6, 6.07) is 2.83. The summed E-state index contributed by atoms with van der Waals surface area (Å²) in [5.41, 5.74) is -0.0572. The maximum Gasteiger partial charge on any atom is 0.237 e. The van der Waals surface area contributed by atoms with Crippen LogP contribution in [-0.2, 0) is 4.79 Å². The van der Waals surface area contributed by atoms with Crippen molar-refractivity contribution >= 4 is 11.7 Å². The second-order valence-electron chi connectivity index (χ2n) is 4.52. The molecule has 0 aromatic heterocycles. The Labute approximate surface area is 110 Å². The van der Waals surface area contributed by atoms with Gasteiger partial charge >= 0.3 is 0 Å². The molecule has 102 valence electrons. The van der Waals surface area contributed by atoms with Crippen molar-refractivity contribution in [2.45, 2.75) is 13.0 Å². The molecule has 1 aromatic rings. The Kier molecular flexibility index (Phi) is 3.80. The van der Waals surface area contributed by atoms with E-state index in [1.807, 2.05) is 0 Å². The lowest BCUT2D eigenvalue weighted by atomic mass is 10.1. The van der Waals surface area contributed by atoms with Crippen molar-refractivity contribution in [3.8, 4) is 5.75 Å². The van der Waals surface area contributed by atoms with Gasteiger partial charge in [0.05, 0.1) is 18.2 Å². The summed E-state index contributed by atoms with van der Waals surface area (Å²) >= 11 is 0. The highest BCUT2D eigenvalue weighted by atomic mass is 19.1. The van der Waals surface area contributed by atoms with Gasteiger partial charge in [-0.3, -0.25) is 14.5 Å². The molecule has 1 aliphatic heterocycles. The smallest absolute Gasteiger partial charge is 0.237 e. The first-order valence-corrected chi connectivity index (χ1v) is 6.02. The van der Waals surface area contributed by atoms with Crippen molar-refractivity contribution in [3.63, 3.8) is 0 Å². The van der Waals surface area contributed by atoms with E-state index in [1.54, 1.807) is 11.8 Å². The molecular formula is C13H15FN2O3. The minimum atomic E-state index is -0.578. The van der Waals surface area contributed by atoms with Crippen molar-refractivity contribution < 1.29 is 19.1 Å². The minimum Gasteiger partial charge on any atom is -0.507 e. The predicted molar refractivity (Wildman–Crippen MR) is 66.4 cm³/mol. The maximum atomic E-state index is 13.1. The molecule has 1 unspecified atom stereocenters. The monoisotopic (exact) mass is 266 g/mol. The summed E-state index contributed by atoms with van der Waals surface area (Å²) in [7, 11) is 0. The topological polar surface area (TPSA) is 69.6 Å². The highest BCUT2D eigenvalue weighted by Gasteiger charge is 2.27. The van der Waals surface area contributed by atoms with Crippen molar-refractivity contribution in [1.82, 2.24) is 10.2 Å². The summed E-state index contributed by atoms with van der Waals surface area (Å²) in [5.74, 6) is -1.37. The van der Waals surface area contributed by atoms with Gasteiger partial charge < -0.3 is 10.4 Å². The third-order valence-corrected chi connectivity index (χ3v) is 3.23. The third-order valence-electron chi connectivity index (χ3n) is 3.23. The van der Waals surface area contributed by atoms with Crippen LogP contribution in [0.4, 0.5) is 4.39 Å². The standard InChI is InChI=1S/C13H15FN2O3/c1-8-13(19)15-4-5-16(8)7-12(18)10-6-9(14)2-3-11(10)17/h2-3,6,8,17H,4-5,7H2,1H3,(H,15,19). The van der Waals surface area contributed by atoms with E-state index in [9.17, 15) is 19.1 Å². The molecule has 0 radical (unpaired) electrons. The molecule has 1 fully saturated rings. The lowest BCUT2D eigenvalue weighted by molar-refractivity contribution is -0.127. The number of nitrogens with one attached hydrogen (secondary N) is 1. The zero-order chi connectivity index (χ0) is 14.0. The van der Waals surface area contributed by atoms with Crippen LogP contribution in [0.5, 0.6) is 5.75 Å². The number of Topliss-reactive ketones (excluding diaryl/α,β-unsaturated/α-hetero) is 1. The van der Waals surface area contributed by atoms with E-state index in [2.05, 4.69) is 5.32 Å². The number of nitrogens with zero attached hydrogens (tertiary/aromatic N) is 1. The van der Waals surface area contributed by atoms with Gasteiger partial charge in [0.1, 0.15) is 11.6 Å². The summed E-state index contributed by atoms with van der Waals surface area (Å²) in [5, 5.41) is 12.3. The Morgan fingerprint density at radius 1 is 1.58 bits per heavy atom. The first kappa shape index (κ1) is 13.5. The Balaban J connectivity index is 2.12. The van der Waals surface area contributed by atoms with Gasteiger partial charge in [-0.25, -0.2) is 4.39 Å². The molecule has 6 heteroatoms. The number of piperazine rings is 1. The van der Waals surface area contributed by atoms with Gasteiger partial charge in [-0.1, -0.05) is 0 Å². The molecule has 2 rings (SSSR count). The normalized spacial score (nSPS) is 20.1. The highest BCUT2D eigenvalue weighted by molar-refractivity contribution is 6.00. The van der Waals surface area contributed by atoms with Crippen LogP contribution >= 0.6 is 0 Å². The van der Waals surface area contributed by atoms with Gasteiger partial charge in [-0.2, -0.15) is 0 Å². The van der Waals surface area contributed by atoms with Crippen LogP contribution in [0.2, 0.25) is 0 Å². The molecule has 1 heterocycles. The van der Waals surface area contributed by atoms with E-state index in [0.29, 0.717) is 13.1 Å². The molecule has 1 amide bonds. The van der Waals surface area contributed by atoms with Crippen LogP contribution in [0.25, 0.3) is 0 Å². The number of phenols is 1. The fourth-order valence-corrected chi connectivity index (χ4v) is 2.05. The molecule has 0 aliphatic carbocycles. The van der Waals surface area contributed by atoms with Crippen molar-refractivity contribution in [1.29, 1.82) is 0 Å². The number of rotatable bonds is 3.